The predicted octanol–water partition coefficient (Wildman–Crippen LogP) is 3.48. The van der Waals surface area contributed by atoms with Crippen LogP contribution in [0, 0.1) is 17.1 Å². The monoisotopic (exact) mass is 211 g/mol. The first-order valence-electron chi connectivity index (χ1n) is 5.01. The van der Waals surface area contributed by atoms with Gasteiger partial charge in [0.2, 0.25) is 0 Å². The van der Waals surface area contributed by atoms with Gasteiger partial charge in [-0.2, -0.15) is 5.26 Å². The lowest BCUT2D eigenvalue weighted by Gasteiger charge is -2.09. The third kappa shape index (κ3) is 2.09. The van der Waals surface area contributed by atoms with Crippen molar-refractivity contribution in [1.82, 2.24) is 0 Å². The molecule has 2 aromatic carbocycles. The van der Waals surface area contributed by atoms with Gasteiger partial charge in [0.05, 0.1) is 12.0 Å². The molecular formula is C14H10FN. The third-order valence-electron chi connectivity index (χ3n) is 2.47. The van der Waals surface area contributed by atoms with Crippen LogP contribution in [0.4, 0.5) is 4.39 Å². The number of halogens is 1. The highest BCUT2D eigenvalue weighted by Gasteiger charge is 2.12. The fraction of sp³-hybridized carbons (Fsp3) is 0.0714. The van der Waals surface area contributed by atoms with Crippen molar-refractivity contribution >= 4 is 0 Å². The lowest BCUT2D eigenvalue weighted by Crippen LogP contribution is -1.97. The first-order chi connectivity index (χ1) is 7.81. The minimum Gasteiger partial charge on any atom is -0.207 e. The molecule has 0 saturated heterocycles. The van der Waals surface area contributed by atoms with E-state index in [1.165, 1.54) is 12.1 Å². The van der Waals surface area contributed by atoms with Crippen LogP contribution >= 0.6 is 0 Å². The van der Waals surface area contributed by atoms with Gasteiger partial charge < -0.3 is 0 Å². The Kier molecular flexibility index (Phi) is 2.98. The summed E-state index contributed by atoms with van der Waals surface area (Å²) in [6.07, 6.45) is 0. The van der Waals surface area contributed by atoms with Gasteiger partial charge in [-0.25, -0.2) is 4.39 Å². The lowest BCUT2D eigenvalue weighted by atomic mass is 9.93. The van der Waals surface area contributed by atoms with Crippen LogP contribution in [0.3, 0.4) is 0 Å². The second-order valence-electron chi connectivity index (χ2n) is 3.52. The minimum atomic E-state index is -0.332. The molecule has 2 heteroatoms. The molecule has 0 radical (unpaired) electrons. The van der Waals surface area contributed by atoms with Crippen molar-refractivity contribution in [2.24, 2.45) is 0 Å². The molecule has 0 heterocycles. The van der Waals surface area contributed by atoms with Gasteiger partial charge >= 0.3 is 0 Å². The Bertz CT molecular complexity index is 497. The molecule has 0 bridgehead atoms. The highest BCUT2D eigenvalue weighted by atomic mass is 19.1. The van der Waals surface area contributed by atoms with Crippen molar-refractivity contribution in [1.29, 1.82) is 5.26 Å². The molecule has 0 aromatic heterocycles. The van der Waals surface area contributed by atoms with E-state index >= 15 is 0 Å². The minimum absolute atomic E-state index is 0.284. The van der Waals surface area contributed by atoms with Gasteiger partial charge in [-0.15, -0.1) is 0 Å². The molecule has 0 amide bonds. The standard InChI is InChI=1S/C14H10FN/c15-13-8-6-12(7-9-13)14(10-16)11-4-2-1-3-5-11/h1-9,14H/t14-/m0/s1. The Balaban J connectivity index is 2.38. The second-order valence-corrected chi connectivity index (χ2v) is 3.52. The summed E-state index contributed by atoms with van der Waals surface area (Å²) in [5.41, 5.74) is 1.74. The number of hydrogen-bond donors (Lipinski definition) is 0. The Labute approximate surface area is 93.8 Å². The molecule has 0 N–H and O–H groups in total. The highest BCUT2D eigenvalue weighted by Crippen LogP contribution is 2.23. The van der Waals surface area contributed by atoms with Crippen LogP contribution in [0.5, 0.6) is 0 Å². The van der Waals surface area contributed by atoms with E-state index in [-0.39, 0.29) is 11.7 Å². The molecule has 0 spiro atoms. The molecule has 0 saturated carbocycles. The van der Waals surface area contributed by atoms with Crippen LogP contribution in [0.25, 0.3) is 0 Å². The first-order valence-corrected chi connectivity index (χ1v) is 5.01. The molecule has 0 aliphatic heterocycles. The first kappa shape index (κ1) is 10.4. The van der Waals surface area contributed by atoms with Crippen molar-refractivity contribution in [3.05, 3.63) is 71.5 Å². The zero-order valence-corrected chi connectivity index (χ0v) is 8.60. The van der Waals surface area contributed by atoms with Gasteiger partial charge in [-0.3, -0.25) is 0 Å². The SMILES string of the molecule is N#C[C@@H](c1ccccc1)c1ccc(F)cc1. The Morgan fingerprint density at radius 3 is 2.00 bits per heavy atom. The van der Waals surface area contributed by atoms with Crippen LogP contribution in [0.2, 0.25) is 0 Å². The number of hydrogen-bond acceptors (Lipinski definition) is 1. The summed E-state index contributed by atoms with van der Waals surface area (Å²) in [5.74, 6) is -0.615. The zero-order valence-electron chi connectivity index (χ0n) is 8.60. The molecule has 2 rings (SSSR count). The van der Waals surface area contributed by atoms with E-state index in [9.17, 15) is 4.39 Å². The molecule has 2 aromatic rings. The van der Waals surface area contributed by atoms with Crippen LogP contribution in [0.1, 0.15) is 17.0 Å². The Morgan fingerprint density at radius 2 is 1.44 bits per heavy atom. The average molecular weight is 211 g/mol. The molecule has 0 unspecified atom stereocenters. The number of rotatable bonds is 2. The van der Waals surface area contributed by atoms with E-state index in [2.05, 4.69) is 6.07 Å². The molecule has 78 valence electrons. The predicted molar refractivity (Wildman–Crippen MR) is 60.3 cm³/mol. The fourth-order valence-electron chi connectivity index (χ4n) is 1.64. The van der Waals surface area contributed by atoms with E-state index in [0.717, 1.165) is 11.1 Å². The Morgan fingerprint density at radius 1 is 0.875 bits per heavy atom. The maximum Gasteiger partial charge on any atom is 0.123 e. The summed E-state index contributed by atoms with van der Waals surface area (Å²) < 4.78 is 12.8. The quantitative estimate of drug-likeness (QED) is 0.746. The smallest absolute Gasteiger partial charge is 0.123 e. The summed E-state index contributed by atoms with van der Waals surface area (Å²) in [7, 11) is 0. The van der Waals surface area contributed by atoms with Crippen molar-refractivity contribution in [2.45, 2.75) is 5.92 Å². The summed E-state index contributed by atoms with van der Waals surface area (Å²) in [4.78, 5) is 0. The lowest BCUT2D eigenvalue weighted by molar-refractivity contribution is 0.627. The maximum atomic E-state index is 12.8. The van der Waals surface area contributed by atoms with Gasteiger partial charge in [0, 0.05) is 0 Å². The van der Waals surface area contributed by atoms with E-state index < -0.39 is 0 Å². The highest BCUT2D eigenvalue weighted by molar-refractivity contribution is 5.37. The van der Waals surface area contributed by atoms with Crippen molar-refractivity contribution < 1.29 is 4.39 Å². The second kappa shape index (κ2) is 4.59. The number of nitriles is 1. The van der Waals surface area contributed by atoms with Gasteiger partial charge in [0.25, 0.3) is 0 Å². The summed E-state index contributed by atoms with van der Waals surface area (Å²) >= 11 is 0. The van der Waals surface area contributed by atoms with Crippen molar-refractivity contribution in [2.75, 3.05) is 0 Å². The van der Waals surface area contributed by atoms with Crippen LogP contribution in [-0.4, -0.2) is 0 Å². The Hall–Kier alpha value is -2.14. The van der Waals surface area contributed by atoms with Crippen LogP contribution < -0.4 is 0 Å². The summed E-state index contributed by atoms with van der Waals surface area (Å²) in [5, 5.41) is 9.16. The molecule has 1 atom stereocenters. The number of nitrogens with zero attached hydrogens (tertiary/aromatic N) is 1. The molecule has 0 aliphatic carbocycles. The van der Waals surface area contributed by atoms with Crippen LogP contribution in [-0.2, 0) is 0 Å². The maximum absolute atomic E-state index is 12.8. The van der Waals surface area contributed by atoms with Gasteiger partial charge in [0.15, 0.2) is 0 Å². The third-order valence-corrected chi connectivity index (χ3v) is 2.47. The topological polar surface area (TPSA) is 23.8 Å². The number of benzene rings is 2. The summed E-state index contributed by atoms with van der Waals surface area (Å²) in [6.45, 7) is 0. The molecule has 16 heavy (non-hydrogen) atoms. The van der Waals surface area contributed by atoms with Gasteiger partial charge in [-0.05, 0) is 23.3 Å². The largest absolute Gasteiger partial charge is 0.207 e. The van der Waals surface area contributed by atoms with Crippen molar-refractivity contribution in [3.63, 3.8) is 0 Å². The van der Waals surface area contributed by atoms with E-state index in [0.29, 0.717) is 0 Å². The fourth-order valence-corrected chi connectivity index (χ4v) is 1.64. The van der Waals surface area contributed by atoms with E-state index in [1.807, 2.05) is 30.3 Å². The van der Waals surface area contributed by atoms with Crippen LogP contribution in [0.15, 0.2) is 54.6 Å². The zero-order chi connectivity index (χ0) is 11.4. The van der Waals surface area contributed by atoms with Gasteiger partial charge in [-0.1, -0.05) is 42.5 Å². The average Bonchev–Trinajstić information content (AvgIpc) is 2.34. The van der Waals surface area contributed by atoms with E-state index in [1.54, 1.807) is 12.1 Å². The molecular weight excluding hydrogens is 201 g/mol. The normalized spacial score (nSPS) is 11.8. The molecule has 0 fully saturated rings. The molecule has 1 nitrogen and oxygen atoms in total. The van der Waals surface area contributed by atoms with E-state index in [4.69, 9.17) is 5.26 Å². The molecule has 0 aliphatic rings. The summed E-state index contributed by atoms with van der Waals surface area (Å²) in [6, 6.07) is 17.8. The van der Waals surface area contributed by atoms with Crippen molar-refractivity contribution in [3.8, 4) is 6.07 Å². The van der Waals surface area contributed by atoms with Gasteiger partial charge in [0.1, 0.15) is 5.82 Å².